The number of amides is 1. The molecule has 3 aromatic rings. The SMILES string of the molecule is Cc1ccc(OCC(=O)NCc2nc(-c3ccccc3Cl)no2)c(Br)c1. The van der Waals surface area contributed by atoms with Gasteiger partial charge in [0.1, 0.15) is 5.75 Å². The Kier molecular flexibility index (Phi) is 5.90. The smallest absolute Gasteiger partial charge is 0.258 e. The van der Waals surface area contributed by atoms with Crippen molar-refractivity contribution in [1.82, 2.24) is 15.5 Å². The standard InChI is InChI=1S/C18H15BrClN3O3/c1-11-6-7-15(13(19)8-11)25-10-16(24)21-9-17-22-18(23-26-17)12-4-2-3-5-14(12)20/h2-8H,9-10H2,1H3,(H,21,24). The summed E-state index contributed by atoms with van der Waals surface area (Å²) in [6.45, 7) is 1.96. The number of hydrogen-bond acceptors (Lipinski definition) is 5. The molecule has 26 heavy (non-hydrogen) atoms. The van der Waals surface area contributed by atoms with Crippen molar-refractivity contribution in [2.45, 2.75) is 13.5 Å². The summed E-state index contributed by atoms with van der Waals surface area (Å²) in [6.07, 6.45) is 0. The molecule has 0 radical (unpaired) electrons. The lowest BCUT2D eigenvalue weighted by Gasteiger charge is -2.08. The van der Waals surface area contributed by atoms with Gasteiger partial charge in [-0.3, -0.25) is 4.79 Å². The molecule has 0 fully saturated rings. The molecule has 0 saturated heterocycles. The van der Waals surface area contributed by atoms with Gasteiger partial charge in [-0.2, -0.15) is 4.98 Å². The molecule has 0 aliphatic heterocycles. The normalized spacial score (nSPS) is 10.6. The zero-order chi connectivity index (χ0) is 18.5. The summed E-state index contributed by atoms with van der Waals surface area (Å²) < 4.78 is 11.4. The van der Waals surface area contributed by atoms with Gasteiger partial charge in [0.15, 0.2) is 6.61 Å². The molecule has 0 aliphatic carbocycles. The Hall–Kier alpha value is -2.38. The summed E-state index contributed by atoms with van der Waals surface area (Å²) in [4.78, 5) is 16.2. The van der Waals surface area contributed by atoms with Crippen molar-refractivity contribution >= 4 is 33.4 Å². The highest BCUT2D eigenvalue weighted by Gasteiger charge is 2.12. The van der Waals surface area contributed by atoms with Crippen molar-refractivity contribution in [2.75, 3.05) is 6.61 Å². The van der Waals surface area contributed by atoms with Gasteiger partial charge in [0.25, 0.3) is 5.91 Å². The van der Waals surface area contributed by atoms with E-state index in [1.807, 2.05) is 31.2 Å². The molecule has 0 aliphatic rings. The van der Waals surface area contributed by atoms with Crippen LogP contribution in [0.3, 0.4) is 0 Å². The highest BCUT2D eigenvalue weighted by Crippen LogP contribution is 2.26. The third-order valence-electron chi connectivity index (χ3n) is 3.47. The minimum atomic E-state index is -0.296. The predicted molar refractivity (Wildman–Crippen MR) is 101 cm³/mol. The number of carbonyl (C=O) groups is 1. The number of hydrogen-bond donors (Lipinski definition) is 1. The van der Waals surface area contributed by atoms with E-state index in [1.54, 1.807) is 18.2 Å². The van der Waals surface area contributed by atoms with Crippen molar-refractivity contribution in [2.24, 2.45) is 0 Å². The Bertz CT molecular complexity index is 930. The van der Waals surface area contributed by atoms with E-state index >= 15 is 0 Å². The number of aromatic nitrogens is 2. The lowest BCUT2D eigenvalue weighted by molar-refractivity contribution is -0.123. The van der Waals surface area contributed by atoms with Crippen LogP contribution in [0.15, 0.2) is 51.5 Å². The number of nitrogens with zero attached hydrogens (tertiary/aromatic N) is 2. The van der Waals surface area contributed by atoms with Gasteiger partial charge in [-0.05, 0) is 52.7 Å². The zero-order valence-corrected chi connectivity index (χ0v) is 16.2. The van der Waals surface area contributed by atoms with Gasteiger partial charge >= 0.3 is 0 Å². The quantitative estimate of drug-likeness (QED) is 0.628. The van der Waals surface area contributed by atoms with Gasteiger partial charge in [0.05, 0.1) is 16.0 Å². The number of carbonyl (C=O) groups excluding carboxylic acids is 1. The first-order valence-corrected chi connectivity index (χ1v) is 8.93. The van der Waals surface area contributed by atoms with E-state index in [2.05, 4.69) is 31.4 Å². The maximum absolute atomic E-state index is 11.9. The van der Waals surface area contributed by atoms with Crippen molar-refractivity contribution in [3.63, 3.8) is 0 Å². The fourth-order valence-electron chi connectivity index (χ4n) is 2.17. The predicted octanol–water partition coefficient (Wildman–Crippen LogP) is 4.16. The first kappa shape index (κ1) is 18.4. The second kappa shape index (κ2) is 8.33. The molecule has 134 valence electrons. The monoisotopic (exact) mass is 435 g/mol. The summed E-state index contributed by atoms with van der Waals surface area (Å²) in [7, 11) is 0. The van der Waals surface area contributed by atoms with Crippen LogP contribution in [0.1, 0.15) is 11.5 Å². The first-order valence-electron chi connectivity index (χ1n) is 7.76. The van der Waals surface area contributed by atoms with Gasteiger partial charge in [0, 0.05) is 5.56 Å². The maximum atomic E-state index is 11.9. The topological polar surface area (TPSA) is 77.2 Å². The van der Waals surface area contributed by atoms with E-state index in [-0.39, 0.29) is 24.9 Å². The number of ether oxygens (including phenoxy) is 1. The number of nitrogens with one attached hydrogen (secondary N) is 1. The molecule has 0 saturated carbocycles. The third kappa shape index (κ3) is 4.62. The molecule has 0 unspecified atom stereocenters. The van der Waals surface area contributed by atoms with Gasteiger partial charge in [-0.25, -0.2) is 0 Å². The van der Waals surface area contributed by atoms with Crippen LogP contribution in [0.25, 0.3) is 11.4 Å². The zero-order valence-electron chi connectivity index (χ0n) is 13.8. The van der Waals surface area contributed by atoms with Gasteiger partial charge in [0.2, 0.25) is 11.7 Å². The molecule has 1 aromatic heterocycles. The highest BCUT2D eigenvalue weighted by molar-refractivity contribution is 9.10. The summed E-state index contributed by atoms with van der Waals surface area (Å²) in [5, 5.41) is 7.08. The Balaban J connectivity index is 1.53. The van der Waals surface area contributed by atoms with Crippen molar-refractivity contribution in [1.29, 1.82) is 0 Å². The fourth-order valence-corrected chi connectivity index (χ4v) is 3.00. The number of halogens is 2. The first-order chi connectivity index (χ1) is 12.5. The second-order valence-corrected chi connectivity index (χ2v) is 6.75. The molecule has 3 rings (SSSR count). The van der Waals surface area contributed by atoms with Gasteiger partial charge < -0.3 is 14.6 Å². The lowest BCUT2D eigenvalue weighted by atomic mass is 10.2. The number of rotatable bonds is 6. The van der Waals surface area contributed by atoms with Crippen LogP contribution in [0.2, 0.25) is 5.02 Å². The van der Waals surface area contributed by atoms with Gasteiger partial charge in [-0.15, -0.1) is 0 Å². The van der Waals surface area contributed by atoms with Crippen LogP contribution < -0.4 is 10.1 Å². The van der Waals surface area contributed by atoms with Crippen LogP contribution in [0.4, 0.5) is 0 Å². The van der Waals surface area contributed by atoms with Crippen LogP contribution in [-0.4, -0.2) is 22.7 Å². The largest absolute Gasteiger partial charge is 0.483 e. The molecular formula is C18H15BrClN3O3. The number of aryl methyl sites for hydroxylation is 1. The third-order valence-corrected chi connectivity index (χ3v) is 4.42. The molecule has 6 nitrogen and oxygen atoms in total. The molecule has 1 heterocycles. The Morgan fingerprint density at radius 3 is 2.88 bits per heavy atom. The average Bonchev–Trinajstić information content (AvgIpc) is 3.08. The van der Waals surface area contributed by atoms with Crippen LogP contribution in [-0.2, 0) is 11.3 Å². The van der Waals surface area contributed by atoms with Crippen molar-refractivity contribution < 1.29 is 14.1 Å². The summed E-state index contributed by atoms with van der Waals surface area (Å²) >= 11 is 9.51. The minimum Gasteiger partial charge on any atom is -0.483 e. The molecule has 0 atom stereocenters. The fraction of sp³-hybridized carbons (Fsp3) is 0.167. The van der Waals surface area contributed by atoms with Crippen molar-refractivity contribution in [3.8, 4) is 17.1 Å². The van der Waals surface area contributed by atoms with E-state index in [1.165, 1.54) is 0 Å². The Morgan fingerprint density at radius 2 is 2.12 bits per heavy atom. The Labute approximate surface area is 163 Å². The van der Waals surface area contributed by atoms with Gasteiger partial charge in [-0.1, -0.05) is 35.0 Å². The average molecular weight is 437 g/mol. The molecule has 1 amide bonds. The molecular weight excluding hydrogens is 422 g/mol. The van der Waals surface area contributed by atoms with Crippen LogP contribution in [0.5, 0.6) is 5.75 Å². The lowest BCUT2D eigenvalue weighted by Crippen LogP contribution is -2.28. The molecule has 8 heteroatoms. The summed E-state index contributed by atoms with van der Waals surface area (Å²) in [5.41, 5.74) is 1.77. The van der Waals surface area contributed by atoms with E-state index < -0.39 is 0 Å². The number of benzene rings is 2. The summed E-state index contributed by atoms with van der Waals surface area (Å²) in [6, 6.07) is 12.8. The minimum absolute atomic E-state index is 0.106. The van der Waals surface area contributed by atoms with E-state index in [0.717, 1.165) is 10.0 Å². The maximum Gasteiger partial charge on any atom is 0.258 e. The van der Waals surface area contributed by atoms with E-state index in [0.29, 0.717) is 22.2 Å². The van der Waals surface area contributed by atoms with E-state index in [4.69, 9.17) is 20.9 Å². The summed E-state index contributed by atoms with van der Waals surface area (Å²) in [5.74, 6) is 0.962. The van der Waals surface area contributed by atoms with E-state index in [9.17, 15) is 4.79 Å². The second-order valence-electron chi connectivity index (χ2n) is 5.49. The molecule has 2 aromatic carbocycles. The highest BCUT2D eigenvalue weighted by atomic mass is 79.9. The molecule has 0 bridgehead atoms. The van der Waals surface area contributed by atoms with Crippen LogP contribution >= 0.6 is 27.5 Å². The molecule has 0 spiro atoms. The Morgan fingerprint density at radius 1 is 1.31 bits per heavy atom. The van der Waals surface area contributed by atoms with Crippen LogP contribution in [0, 0.1) is 6.92 Å². The molecule has 1 N–H and O–H groups in total. The van der Waals surface area contributed by atoms with Crippen molar-refractivity contribution in [3.05, 3.63) is 63.4 Å².